The maximum atomic E-state index is 12.1. The van der Waals surface area contributed by atoms with Crippen molar-refractivity contribution in [2.45, 2.75) is 6.61 Å². The quantitative estimate of drug-likeness (QED) is 0.734. The Morgan fingerprint density at radius 1 is 1.17 bits per heavy atom. The van der Waals surface area contributed by atoms with E-state index in [0.29, 0.717) is 15.9 Å². The number of carbonyl (C=O) groups excluding carboxylic acids is 1. The Kier molecular flexibility index (Phi) is 4.32. The lowest BCUT2D eigenvalue weighted by atomic mass is 10.2. The molecule has 1 heterocycles. The molecule has 0 spiro atoms. The first-order valence-corrected chi connectivity index (χ1v) is 7.40. The minimum atomic E-state index is -0.645. The molecule has 2 aromatic carbocycles. The number of carbonyl (C=O) groups is 1. The molecule has 0 fully saturated rings. The van der Waals surface area contributed by atoms with Crippen LogP contribution in [0.2, 0.25) is 10.0 Å². The van der Waals surface area contributed by atoms with E-state index in [0.717, 1.165) is 0 Å². The van der Waals surface area contributed by atoms with Gasteiger partial charge in [-0.15, -0.1) is 0 Å². The molecule has 23 heavy (non-hydrogen) atoms. The highest BCUT2D eigenvalue weighted by atomic mass is 35.5. The number of ether oxygens (including phenoxy) is 1. The lowest BCUT2D eigenvalue weighted by Gasteiger charge is -2.07. The molecule has 0 aliphatic rings. The van der Waals surface area contributed by atoms with E-state index in [1.807, 2.05) is 0 Å². The molecule has 116 valence electrons. The Labute approximate surface area is 140 Å². The largest absolute Gasteiger partial charge is 0.454 e. The SMILES string of the molecule is O=C(OCc1nc2ccccc2c(=O)[nH]1)c1cc(Cl)ccc1Cl. The summed E-state index contributed by atoms with van der Waals surface area (Å²) < 4.78 is 5.14. The molecule has 0 unspecified atom stereocenters. The Morgan fingerprint density at radius 2 is 1.96 bits per heavy atom. The van der Waals surface area contributed by atoms with Crippen LogP contribution in [0.1, 0.15) is 16.2 Å². The molecule has 0 aliphatic carbocycles. The zero-order chi connectivity index (χ0) is 16.4. The minimum absolute atomic E-state index is 0.155. The van der Waals surface area contributed by atoms with Crippen LogP contribution in [0.15, 0.2) is 47.3 Å². The lowest BCUT2D eigenvalue weighted by molar-refractivity contribution is 0.0462. The van der Waals surface area contributed by atoms with E-state index in [1.54, 1.807) is 30.3 Å². The van der Waals surface area contributed by atoms with E-state index < -0.39 is 5.97 Å². The van der Waals surface area contributed by atoms with Crippen molar-refractivity contribution >= 4 is 40.1 Å². The van der Waals surface area contributed by atoms with E-state index in [1.165, 1.54) is 12.1 Å². The molecule has 3 rings (SSSR count). The Balaban J connectivity index is 1.82. The topological polar surface area (TPSA) is 72.0 Å². The summed E-state index contributed by atoms with van der Waals surface area (Å²) in [4.78, 5) is 30.8. The predicted molar refractivity (Wildman–Crippen MR) is 87.9 cm³/mol. The van der Waals surface area contributed by atoms with Gasteiger partial charge in [0.1, 0.15) is 12.4 Å². The number of rotatable bonds is 3. The lowest BCUT2D eigenvalue weighted by Crippen LogP contribution is -2.14. The van der Waals surface area contributed by atoms with E-state index in [4.69, 9.17) is 27.9 Å². The second-order valence-electron chi connectivity index (χ2n) is 4.73. The molecule has 0 amide bonds. The fourth-order valence-corrected chi connectivity index (χ4v) is 2.44. The molecule has 0 radical (unpaired) electrons. The summed E-state index contributed by atoms with van der Waals surface area (Å²) >= 11 is 11.8. The van der Waals surface area contributed by atoms with Crippen molar-refractivity contribution in [3.63, 3.8) is 0 Å². The highest BCUT2D eigenvalue weighted by molar-refractivity contribution is 6.35. The van der Waals surface area contributed by atoms with Crippen LogP contribution >= 0.6 is 23.2 Å². The molecule has 7 heteroatoms. The van der Waals surface area contributed by atoms with Crippen LogP contribution in [-0.4, -0.2) is 15.9 Å². The minimum Gasteiger partial charge on any atom is -0.454 e. The van der Waals surface area contributed by atoms with Gasteiger partial charge in [0.15, 0.2) is 0 Å². The number of nitrogens with one attached hydrogen (secondary N) is 1. The first-order chi connectivity index (χ1) is 11.0. The van der Waals surface area contributed by atoms with Crippen LogP contribution in [0, 0.1) is 0 Å². The fourth-order valence-electron chi connectivity index (χ4n) is 2.07. The predicted octanol–water partition coefficient (Wildman–Crippen LogP) is 3.59. The van der Waals surface area contributed by atoms with Crippen molar-refractivity contribution in [1.29, 1.82) is 0 Å². The average molecular weight is 349 g/mol. The molecule has 0 bridgehead atoms. The van der Waals surface area contributed by atoms with Gasteiger partial charge in [-0.1, -0.05) is 35.3 Å². The number of esters is 1. The molecule has 0 aliphatic heterocycles. The van der Waals surface area contributed by atoms with Crippen LogP contribution < -0.4 is 5.56 Å². The molecule has 3 aromatic rings. The molecule has 0 saturated carbocycles. The van der Waals surface area contributed by atoms with Crippen LogP contribution in [0.4, 0.5) is 0 Å². The standard InChI is InChI=1S/C16H10Cl2N2O3/c17-9-5-6-12(18)11(7-9)16(22)23-8-14-19-13-4-2-1-3-10(13)15(21)20-14/h1-7H,8H2,(H,19,20,21). The number of hydrogen-bond donors (Lipinski definition) is 1. The zero-order valence-electron chi connectivity index (χ0n) is 11.7. The van der Waals surface area contributed by atoms with Gasteiger partial charge in [-0.2, -0.15) is 0 Å². The second-order valence-corrected chi connectivity index (χ2v) is 5.57. The smallest absolute Gasteiger partial charge is 0.340 e. The van der Waals surface area contributed by atoms with Gasteiger partial charge in [0.25, 0.3) is 5.56 Å². The molecule has 1 N–H and O–H groups in total. The maximum absolute atomic E-state index is 12.1. The molecule has 1 aromatic heterocycles. The highest BCUT2D eigenvalue weighted by Crippen LogP contribution is 2.21. The van der Waals surface area contributed by atoms with Gasteiger partial charge in [-0.3, -0.25) is 4.79 Å². The van der Waals surface area contributed by atoms with Gasteiger partial charge < -0.3 is 9.72 Å². The molecule has 5 nitrogen and oxygen atoms in total. The summed E-state index contributed by atoms with van der Waals surface area (Å²) in [5.41, 5.74) is 0.396. The van der Waals surface area contributed by atoms with Crippen molar-refractivity contribution in [2.24, 2.45) is 0 Å². The number of aromatic amines is 1. The first-order valence-electron chi connectivity index (χ1n) is 6.65. The van der Waals surface area contributed by atoms with Crippen LogP contribution in [0.3, 0.4) is 0 Å². The Bertz CT molecular complexity index is 953. The van der Waals surface area contributed by atoms with Crippen molar-refractivity contribution in [1.82, 2.24) is 9.97 Å². The number of para-hydroxylation sites is 1. The van der Waals surface area contributed by atoms with Gasteiger partial charge in [0.2, 0.25) is 0 Å². The molecule has 0 atom stereocenters. The monoisotopic (exact) mass is 348 g/mol. The fraction of sp³-hybridized carbons (Fsp3) is 0.0625. The number of hydrogen-bond acceptors (Lipinski definition) is 4. The molecule has 0 saturated heterocycles. The number of fused-ring (bicyclic) bond motifs is 1. The molecular weight excluding hydrogens is 339 g/mol. The Hall–Kier alpha value is -2.37. The summed E-state index contributed by atoms with van der Waals surface area (Å²) in [6.45, 7) is -0.179. The normalized spacial score (nSPS) is 10.7. The van der Waals surface area contributed by atoms with Gasteiger partial charge in [-0.05, 0) is 30.3 Å². The van der Waals surface area contributed by atoms with Crippen LogP contribution in [0.5, 0.6) is 0 Å². The van der Waals surface area contributed by atoms with E-state index in [-0.39, 0.29) is 28.6 Å². The van der Waals surface area contributed by atoms with Crippen molar-refractivity contribution in [2.75, 3.05) is 0 Å². The average Bonchev–Trinajstić information content (AvgIpc) is 2.55. The van der Waals surface area contributed by atoms with Crippen molar-refractivity contribution in [3.8, 4) is 0 Å². The summed E-state index contributed by atoms with van der Waals surface area (Å²) in [6.07, 6.45) is 0. The van der Waals surface area contributed by atoms with Gasteiger partial charge >= 0.3 is 5.97 Å². The zero-order valence-corrected chi connectivity index (χ0v) is 13.2. The van der Waals surface area contributed by atoms with Crippen LogP contribution in [0.25, 0.3) is 10.9 Å². The summed E-state index contributed by atoms with van der Waals surface area (Å²) in [5, 5.41) is 1.08. The second kappa shape index (κ2) is 6.40. The van der Waals surface area contributed by atoms with Gasteiger partial charge in [0, 0.05) is 5.02 Å². The Morgan fingerprint density at radius 3 is 2.78 bits per heavy atom. The van der Waals surface area contributed by atoms with Gasteiger partial charge in [0.05, 0.1) is 21.5 Å². The van der Waals surface area contributed by atoms with E-state index in [2.05, 4.69) is 9.97 Å². The summed E-state index contributed by atoms with van der Waals surface area (Å²) in [5.74, 6) is -0.395. The first kappa shape index (κ1) is 15.5. The summed E-state index contributed by atoms with van der Waals surface area (Å²) in [6, 6.07) is 11.4. The maximum Gasteiger partial charge on any atom is 0.340 e. The number of H-pyrrole nitrogens is 1. The van der Waals surface area contributed by atoms with Crippen molar-refractivity contribution in [3.05, 3.63) is 74.3 Å². The van der Waals surface area contributed by atoms with E-state index >= 15 is 0 Å². The van der Waals surface area contributed by atoms with Gasteiger partial charge in [-0.25, -0.2) is 9.78 Å². The third-order valence-electron chi connectivity index (χ3n) is 3.15. The third kappa shape index (κ3) is 3.36. The highest BCUT2D eigenvalue weighted by Gasteiger charge is 2.13. The van der Waals surface area contributed by atoms with Crippen LogP contribution in [-0.2, 0) is 11.3 Å². The number of nitrogens with zero attached hydrogens (tertiary/aromatic N) is 1. The molecular formula is C16H10Cl2N2O3. The summed E-state index contributed by atoms with van der Waals surface area (Å²) in [7, 11) is 0. The third-order valence-corrected chi connectivity index (χ3v) is 3.71. The number of benzene rings is 2. The van der Waals surface area contributed by atoms with Crippen molar-refractivity contribution < 1.29 is 9.53 Å². The van der Waals surface area contributed by atoms with E-state index in [9.17, 15) is 9.59 Å². The number of aromatic nitrogens is 2. The number of halogens is 2.